The van der Waals surface area contributed by atoms with Crippen LogP contribution in [0, 0.1) is 6.92 Å². The number of rotatable bonds is 3. The van der Waals surface area contributed by atoms with Crippen molar-refractivity contribution < 1.29 is 4.79 Å². The van der Waals surface area contributed by atoms with Crippen molar-refractivity contribution in [3.63, 3.8) is 0 Å². The molecule has 0 aliphatic carbocycles. The number of fused-ring (bicyclic) bond motifs is 1. The van der Waals surface area contributed by atoms with Crippen molar-refractivity contribution in [2.75, 3.05) is 11.9 Å². The molecule has 0 unspecified atom stereocenters. The minimum Gasteiger partial charge on any atom is -0.340 e. The number of carbonyl (C=O) groups excluding carboxylic acids is 1. The van der Waals surface area contributed by atoms with Gasteiger partial charge in [0.25, 0.3) is 5.91 Å². The Hall–Kier alpha value is -2.85. The summed E-state index contributed by atoms with van der Waals surface area (Å²) in [5.41, 5.74) is 5.01. The van der Waals surface area contributed by atoms with E-state index < -0.39 is 0 Å². The number of hydrogen-bond donors (Lipinski definition) is 1. The summed E-state index contributed by atoms with van der Waals surface area (Å²) in [5.74, 6) is 0.654. The summed E-state index contributed by atoms with van der Waals surface area (Å²) in [5, 5.41) is 3.95. The summed E-state index contributed by atoms with van der Waals surface area (Å²) in [7, 11) is 0. The van der Waals surface area contributed by atoms with Gasteiger partial charge in [-0.1, -0.05) is 41.9 Å². The van der Waals surface area contributed by atoms with Gasteiger partial charge in [0.05, 0.1) is 0 Å². The van der Waals surface area contributed by atoms with Gasteiger partial charge in [-0.3, -0.25) is 4.79 Å². The van der Waals surface area contributed by atoms with Gasteiger partial charge < -0.3 is 10.2 Å². The maximum atomic E-state index is 13.0. The molecule has 4 rings (SSSR count). The fourth-order valence-corrected chi connectivity index (χ4v) is 3.54. The molecule has 1 aromatic heterocycles. The highest BCUT2D eigenvalue weighted by Crippen LogP contribution is 2.26. The Morgan fingerprint density at radius 2 is 1.93 bits per heavy atom. The summed E-state index contributed by atoms with van der Waals surface area (Å²) in [6.07, 6.45) is 2.55. The SMILES string of the molecule is Cc1c(Cl)cccc1Nc1cc(C(=O)N2CCc3ccccc3C2)ccn1. The van der Waals surface area contributed by atoms with Crippen LogP contribution in [0.4, 0.5) is 11.5 Å². The quantitative estimate of drug-likeness (QED) is 0.699. The summed E-state index contributed by atoms with van der Waals surface area (Å²) < 4.78 is 0. The smallest absolute Gasteiger partial charge is 0.254 e. The van der Waals surface area contributed by atoms with Crippen LogP contribution in [0.25, 0.3) is 0 Å². The Morgan fingerprint density at radius 1 is 1.11 bits per heavy atom. The second-order valence-corrected chi connectivity index (χ2v) is 7.12. The highest BCUT2D eigenvalue weighted by Gasteiger charge is 2.21. The topological polar surface area (TPSA) is 45.2 Å². The Morgan fingerprint density at radius 3 is 2.78 bits per heavy atom. The van der Waals surface area contributed by atoms with E-state index in [9.17, 15) is 4.79 Å². The zero-order valence-corrected chi connectivity index (χ0v) is 15.8. The van der Waals surface area contributed by atoms with E-state index in [2.05, 4.69) is 28.5 Å². The molecule has 2 aromatic carbocycles. The third-order valence-electron chi connectivity index (χ3n) is 4.96. The fraction of sp³-hybridized carbons (Fsp3) is 0.182. The Labute approximate surface area is 163 Å². The van der Waals surface area contributed by atoms with Crippen LogP contribution in [0.15, 0.2) is 60.8 Å². The van der Waals surface area contributed by atoms with Gasteiger partial charge in [-0.25, -0.2) is 4.98 Å². The van der Waals surface area contributed by atoms with Crippen LogP contribution in [-0.2, 0) is 13.0 Å². The van der Waals surface area contributed by atoms with E-state index in [4.69, 9.17) is 11.6 Å². The van der Waals surface area contributed by atoms with Gasteiger partial charge in [0.15, 0.2) is 0 Å². The highest BCUT2D eigenvalue weighted by molar-refractivity contribution is 6.31. The van der Waals surface area contributed by atoms with Gasteiger partial charge >= 0.3 is 0 Å². The molecule has 0 saturated carbocycles. The third kappa shape index (κ3) is 3.67. The first-order valence-electron chi connectivity index (χ1n) is 8.96. The second-order valence-electron chi connectivity index (χ2n) is 6.71. The van der Waals surface area contributed by atoms with Crippen LogP contribution in [0.1, 0.15) is 27.0 Å². The summed E-state index contributed by atoms with van der Waals surface area (Å²) in [6, 6.07) is 17.5. The van der Waals surface area contributed by atoms with Crippen molar-refractivity contribution in [2.24, 2.45) is 0 Å². The number of aromatic nitrogens is 1. The molecular weight excluding hydrogens is 358 g/mol. The number of nitrogens with zero attached hydrogens (tertiary/aromatic N) is 2. The molecule has 1 aliphatic rings. The number of hydrogen-bond acceptors (Lipinski definition) is 3. The van der Waals surface area contributed by atoms with Gasteiger partial charge in [0.2, 0.25) is 0 Å². The number of pyridine rings is 1. The summed E-state index contributed by atoms with van der Waals surface area (Å²) in [6.45, 7) is 3.33. The molecule has 4 nitrogen and oxygen atoms in total. The maximum Gasteiger partial charge on any atom is 0.254 e. The first kappa shape index (κ1) is 17.6. The lowest BCUT2D eigenvalue weighted by molar-refractivity contribution is 0.0734. The van der Waals surface area contributed by atoms with E-state index in [1.165, 1.54) is 11.1 Å². The normalized spacial score (nSPS) is 13.2. The zero-order chi connectivity index (χ0) is 18.8. The van der Waals surface area contributed by atoms with Crippen molar-refractivity contribution in [1.82, 2.24) is 9.88 Å². The van der Waals surface area contributed by atoms with E-state index in [0.717, 1.165) is 24.2 Å². The molecule has 0 fully saturated rings. The van der Waals surface area contributed by atoms with E-state index in [0.29, 0.717) is 22.9 Å². The zero-order valence-electron chi connectivity index (χ0n) is 15.1. The Kier molecular flexibility index (Phi) is 4.82. The van der Waals surface area contributed by atoms with E-state index in [1.54, 1.807) is 18.3 Å². The lowest BCUT2D eigenvalue weighted by Gasteiger charge is -2.29. The molecule has 1 N–H and O–H groups in total. The Bertz CT molecular complexity index is 1000. The van der Waals surface area contributed by atoms with Crippen molar-refractivity contribution in [1.29, 1.82) is 0 Å². The number of anilines is 2. The molecule has 0 bridgehead atoms. The first-order valence-corrected chi connectivity index (χ1v) is 9.34. The van der Waals surface area contributed by atoms with Crippen LogP contribution < -0.4 is 5.32 Å². The van der Waals surface area contributed by atoms with E-state index in [-0.39, 0.29) is 5.91 Å². The molecule has 5 heteroatoms. The molecule has 3 aromatic rings. The van der Waals surface area contributed by atoms with Crippen molar-refractivity contribution in [3.05, 3.63) is 88.1 Å². The van der Waals surface area contributed by atoms with Crippen LogP contribution in [0.5, 0.6) is 0 Å². The molecular formula is C22H20ClN3O. The fourth-order valence-electron chi connectivity index (χ4n) is 3.36. The summed E-state index contributed by atoms with van der Waals surface area (Å²) >= 11 is 6.18. The number of benzene rings is 2. The predicted molar refractivity (Wildman–Crippen MR) is 109 cm³/mol. The molecule has 27 heavy (non-hydrogen) atoms. The largest absolute Gasteiger partial charge is 0.340 e. The van der Waals surface area contributed by atoms with Crippen molar-refractivity contribution >= 4 is 29.0 Å². The van der Waals surface area contributed by atoms with Crippen LogP contribution in [0.3, 0.4) is 0 Å². The van der Waals surface area contributed by atoms with Crippen molar-refractivity contribution in [3.8, 4) is 0 Å². The highest BCUT2D eigenvalue weighted by atomic mass is 35.5. The second kappa shape index (κ2) is 7.41. The van der Waals surface area contributed by atoms with E-state index >= 15 is 0 Å². The molecule has 2 heterocycles. The molecule has 0 atom stereocenters. The molecule has 1 aliphatic heterocycles. The number of amides is 1. The molecule has 0 spiro atoms. The van der Waals surface area contributed by atoms with Gasteiger partial charge in [0, 0.05) is 35.6 Å². The average Bonchev–Trinajstić information content (AvgIpc) is 2.71. The average molecular weight is 378 g/mol. The third-order valence-corrected chi connectivity index (χ3v) is 5.36. The first-order chi connectivity index (χ1) is 13.1. The molecule has 1 amide bonds. The number of carbonyl (C=O) groups is 1. The van der Waals surface area contributed by atoms with E-state index in [1.807, 2.05) is 36.1 Å². The van der Waals surface area contributed by atoms with Gasteiger partial charge in [0.1, 0.15) is 5.82 Å². The van der Waals surface area contributed by atoms with Gasteiger partial charge in [-0.05, 0) is 54.3 Å². The van der Waals surface area contributed by atoms with Crippen LogP contribution in [0.2, 0.25) is 5.02 Å². The lowest BCUT2D eigenvalue weighted by atomic mass is 9.99. The molecule has 0 radical (unpaired) electrons. The molecule has 0 saturated heterocycles. The van der Waals surface area contributed by atoms with Crippen LogP contribution >= 0.6 is 11.6 Å². The van der Waals surface area contributed by atoms with Crippen LogP contribution in [-0.4, -0.2) is 22.3 Å². The predicted octanol–water partition coefficient (Wildman–Crippen LogP) is 4.99. The minimum absolute atomic E-state index is 0.0257. The number of halogens is 1. The Balaban J connectivity index is 1.54. The molecule has 136 valence electrons. The number of nitrogens with one attached hydrogen (secondary N) is 1. The van der Waals surface area contributed by atoms with Crippen molar-refractivity contribution in [2.45, 2.75) is 19.9 Å². The lowest BCUT2D eigenvalue weighted by Crippen LogP contribution is -2.35. The maximum absolute atomic E-state index is 13.0. The summed E-state index contributed by atoms with van der Waals surface area (Å²) in [4.78, 5) is 19.2. The minimum atomic E-state index is 0.0257. The van der Waals surface area contributed by atoms with Gasteiger partial charge in [-0.15, -0.1) is 0 Å². The van der Waals surface area contributed by atoms with Gasteiger partial charge in [-0.2, -0.15) is 0 Å². The standard InChI is InChI=1S/C22H20ClN3O/c1-15-19(23)7-4-8-20(15)25-21-13-17(9-11-24-21)22(27)26-12-10-16-5-2-3-6-18(16)14-26/h2-9,11,13H,10,12,14H2,1H3,(H,24,25). The monoisotopic (exact) mass is 377 g/mol.